The third kappa shape index (κ3) is 4.28. The Labute approximate surface area is 121 Å². The summed E-state index contributed by atoms with van der Waals surface area (Å²) in [7, 11) is 0. The normalized spacial score (nSPS) is 14.9. The summed E-state index contributed by atoms with van der Waals surface area (Å²) in [6.07, 6.45) is 2.71. The molecule has 1 aliphatic rings. The van der Waals surface area contributed by atoms with Crippen molar-refractivity contribution in [3.8, 4) is 0 Å². The number of benzene rings is 1. The van der Waals surface area contributed by atoms with E-state index in [2.05, 4.69) is 21.2 Å². The fourth-order valence-corrected chi connectivity index (χ4v) is 2.63. The lowest BCUT2D eigenvalue weighted by Crippen LogP contribution is -2.30. The highest BCUT2D eigenvalue weighted by Crippen LogP contribution is 2.15. The van der Waals surface area contributed by atoms with Crippen LogP contribution < -0.4 is 5.32 Å². The number of nitrogens with one attached hydrogen (secondary N) is 1. The molecular formula is C14H18BrFN2O. The van der Waals surface area contributed by atoms with Gasteiger partial charge in [-0.1, -0.05) is 15.9 Å². The Balaban J connectivity index is 1.71. The molecule has 0 radical (unpaired) electrons. The van der Waals surface area contributed by atoms with Gasteiger partial charge in [-0.25, -0.2) is 4.39 Å². The van der Waals surface area contributed by atoms with Crippen LogP contribution in [0, 0.1) is 5.82 Å². The minimum absolute atomic E-state index is 0.194. The Morgan fingerprint density at radius 3 is 2.84 bits per heavy atom. The molecule has 1 N–H and O–H groups in total. The molecule has 1 aliphatic heterocycles. The van der Waals surface area contributed by atoms with E-state index in [4.69, 9.17) is 0 Å². The van der Waals surface area contributed by atoms with Crippen LogP contribution in [0.5, 0.6) is 0 Å². The summed E-state index contributed by atoms with van der Waals surface area (Å²) in [5, 5.41) is 3.12. The zero-order chi connectivity index (χ0) is 13.7. The van der Waals surface area contributed by atoms with Crippen molar-refractivity contribution >= 4 is 21.8 Å². The van der Waals surface area contributed by atoms with Crippen molar-refractivity contribution < 1.29 is 9.18 Å². The molecule has 1 aromatic rings. The Hall–Kier alpha value is -0.940. The fraction of sp³-hybridized carbons (Fsp3) is 0.500. The van der Waals surface area contributed by atoms with Gasteiger partial charge >= 0.3 is 0 Å². The van der Waals surface area contributed by atoms with E-state index in [9.17, 15) is 9.18 Å². The van der Waals surface area contributed by atoms with Gasteiger partial charge in [0.25, 0.3) is 0 Å². The highest BCUT2D eigenvalue weighted by molar-refractivity contribution is 9.10. The number of rotatable bonds is 5. The third-order valence-electron chi connectivity index (χ3n) is 3.30. The molecule has 104 valence electrons. The van der Waals surface area contributed by atoms with E-state index in [-0.39, 0.29) is 11.7 Å². The first-order valence-electron chi connectivity index (χ1n) is 6.59. The third-order valence-corrected chi connectivity index (χ3v) is 3.79. The van der Waals surface area contributed by atoms with E-state index < -0.39 is 0 Å². The molecular weight excluding hydrogens is 311 g/mol. The molecule has 1 saturated heterocycles. The van der Waals surface area contributed by atoms with Crippen molar-refractivity contribution in [2.24, 2.45) is 0 Å². The Morgan fingerprint density at radius 1 is 1.37 bits per heavy atom. The van der Waals surface area contributed by atoms with Gasteiger partial charge in [0.05, 0.1) is 0 Å². The second-order valence-corrected chi connectivity index (χ2v) is 5.67. The average Bonchev–Trinajstić information content (AvgIpc) is 2.92. The summed E-state index contributed by atoms with van der Waals surface area (Å²) >= 11 is 3.32. The SMILES string of the molecule is O=C(CCNCc1cc(Br)ccc1F)N1CCCC1. The van der Waals surface area contributed by atoms with Gasteiger partial charge in [-0.2, -0.15) is 0 Å². The number of carbonyl (C=O) groups excluding carboxylic acids is 1. The summed E-state index contributed by atoms with van der Waals surface area (Å²) in [5.74, 6) is -0.0266. The summed E-state index contributed by atoms with van der Waals surface area (Å²) in [4.78, 5) is 13.7. The lowest BCUT2D eigenvalue weighted by Gasteiger charge is -2.15. The minimum atomic E-state index is -0.221. The van der Waals surface area contributed by atoms with Crippen molar-refractivity contribution in [2.45, 2.75) is 25.8 Å². The Kier molecular flexibility index (Phi) is 5.34. The number of nitrogens with zero attached hydrogens (tertiary/aromatic N) is 1. The van der Waals surface area contributed by atoms with Crippen molar-refractivity contribution in [3.63, 3.8) is 0 Å². The van der Waals surface area contributed by atoms with E-state index >= 15 is 0 Å². The predicted molar refractivity (Wildman–Crippen MR) is 76.2 cm³/mol. The second-order valence-electron chi connectivity index (χ2n) is 4.75. The highest BCUT2D eigenvalue weighted by atomic mass is 79.9. The molecule has 2 rings (SSSR count). The van der Waals surface area contributed by atoms with Crippen LogP contribution in [0.15, 0.2) is 22.7 Å². The van der Waals surface area contributed by atoms with Crippen molar-refractivity contribution in [1.29, 1.82) is 0 Å². The Morgan fingerprint density at radius 2 is 2.11 bits per heavy atom. The number of hydrogen-bond donors (Lipinski definition) is 1. The van der Waals surface area contributed by atoms with Gasteiger partial charge in [-0.05, 0) is 31.0 Å². The van der Waals surface area contributed by atoms with Crippen LogP contribution >= 0.6 is 15.9 Å². The zero-order valence-electron chi connectivity index (χ0n) is 10.8. The smallest absolute Gasteiger partial charge is 0.223 e. The summed E-state index contributed by atoms with van der Waals surface area (Å²) in [6.45, 7) is 2.80. The predicted octanol–water partition coefficient (Wildman–Crippen LogP) is 2.69. The largest absolute Gasteiger partial charge is 0.343 e. The van der Waals surface area contributed by atoms with E-state index in [0.29, 0.717) is 25.1 Å². The number of hydrogen-bond acceptors (Lipinski definition) is 2. The monoisotopic (exact) mass is 328 g/mol. The van der Waals surface area contributed by atoms with E-state index in [0.717, 1.165) is 30.4 Å². The summed E-state index contributed by atoms with van der Waals surface area (Å²) in [5.41, 5.74) is 0.614. The number of carbonyl (C=O) groups is 1. The molecule has 3 nitrogen and oxygen atoms in total. The average molecular weight is 329 g/mol. The second kappa shape index (κ2) is 7.01. The van der Waals surface area contributed by atoms with Crippen LogP contribution in [0.1, 0.15) is 24.8 Å². The quantitative estimate of drug-likeness (QED) is 0.843. The Bertz CT molecular complexity index is 447. The van der Waals surface area contributed by atoms with Crippen molar-refractivity contribution in [2.75, 3.05) is 19.6 Å². The zero-order valence-corrected chi connectivity index (χ0v) is 12.4. The molecule has 0 bridgehead atoms. The molecule has 1 amide bonds. The lowest BCUT2D eigenvalue weighted by atomic mass is 10.2. The fourth-order valence-electron chi connectivity index (χ4n) is 2.22. The van der Waals surface area contributed by atoms with E-state index in [1.54, 1.807) is 12.1 Å². The molecule has 1 aromatic carbocycles. The van der Waals surface area contributed by atoms with Crippen molar-refractivity contribution in [1.82, 2.24) is 10.2 Å². The highest BCUT2D eigenvalue weighted by Gasteiger charge is 2.16. The molecule has 1 heterocycles. The van der Waals surface area contributed by atoms with Gasteiger partial charge in [0.2, 0.25) is 5.91 Å². The minimum Gasteiger partial charge on any atom is -0.343 e. The van der Waals surface area contributed by atoms with Crippen LogP contribution in [0.4, 0.5) is 4.39 Å². The first-order valence-corrected chi connectivity index (χ1v) is 7.38. The van der Waals surface area contributed by atoms with Gasteiger partial charge in [-0.15, -0.1) is 0 Å². The number of likely N-dealkylation sites (tertiary alicyclic amines) is 1. The van der Waals surface area contributed by atoms with E-state index in [1.807, 2.05) is 4.90 Å². The number of halogens is 2. The molecule has 0 spiro atoms. The molecule has 5 heteroatoms. The molecule has 19 heavy (non-hydrogen) atoms. The summed E-state index contributed by atoms with van der Waals surface area (Å²) < 4.78 is 14.3. The molecule has 0 saturated carbocycles. The molecule has 0 aliphatic carbocycles. The van der Waals surface area contributed by atoms with Crippen LogP contribution in [-0.4, -0.2) is 30.4 Å². The maximum Gasteiger partial charge on any atom is 0.223 e. The molecule has 0 aromatic heterocycles. The van der Waals surface area contributed by atoms with Gasteiger partial charge < -0.3 is 10.2 Å². The first kappa shape index (κ1) is 14.5. The van der Waals surface area contributed by atoms with Gasteiger partial charge in [0, 0.05) is 42.6 Å². The van der Waals surface area contributed by atoms with Gasteiger partial charge in [0.15, 0.2) is 0 Å². The first-order chi connectivity index (χ1) is 9.16. The maximum absolute atomic E-state index is 13.5. The van der Waals surface area contributed by atoms with Crippen LogP contribution in [-0.2, 0) is 11.3 Å². The van der Waals surface area contributed by atoms with Crippen LogP contribution in [0.3, 0.4) is 0 Å². The molecule has 0 unspecified atom stereocenters. The standard InChI is InChI=1S/C14H18BrFN2O/c15-12-3-4-13(16)11(9-12)10-17-6-5-14(19)18-7-1-2-8-18/h3-4,9,17H,1-2,5-8,10H2. The lowest BCUT2D eigenvalue weighted by molar-refractivity contribution is -0.130. The van der Waals surface area contributed by atoms with Gasteiger partial charge in [0.1, 0.15) is 5.82 Å². The van der Waals surface area contributed by atoms with E-state index in [1.165, 1.54) is 6.07 Å². The van der Waals surface area contributed by atoms with Gasteiger partial charge in [-0.3, -0.25) is 4.79 Å². The van der Waals surface area contributed by atoms with Crippen molar-refractivity contribution in [3.05, 3.63) is 34.1 Å². The molecule has 0 atom stereocenters. The van der Waals surface area contributed by atoms with Crippen LogP contribution in [0.2, 0.25) is 0 Å². The number of amides is 1. The maximum atomic E-state index is 13.5. The summed E-state index contributed by atoms with van der Waals surface area (Å²) in [6, 6.07) is 4.87. The molecule has 1 fully saturated rings. The topological polar surface area (TPSA) is 32.3 Å². The van der Waals surface area contributed by atoms with Crippen LogP contribution in [0.25, 0.3) is 0 Å².